The molecule has 0 saturated carbocycles. The smallest absolute Gasteiger partial charge is 0.250 e. The molecule has 1 aromatic rings. The van der Waals surface area contributed by atoms with E-state index < -0.39 is 0 Å². The van der Waals surface area contributed by atoms with Crippen LogP contribution in [0.4, 0.5) is 5.69 Å². The maximum absolute atomic E-state index is 11.4. The van der Waals surface area contributed by atoms with Crippen molar-refractivity contribution < 1.29 is 14.6 Å². The summed E-state index contributed by atoms with van der Waals surface area (Å²) in [6.07, 6.45) is 0.445. The van der Waals surface area contributed by atoms with Gasteiger partial charge in [-0.05, 0) is 25.1 Å². The Morgan fingerprint density at radius 3 is 3.06 bits per heavy atom. The lowest BCUT2D eigenvalue weighted by Crippen LogP contribution is -2.18. The maximum Gasteiger partial charge on any atom is 0.250 e. The van der Waals surface area contributed by atoms with Crippen molar-refractivity contribution in [1.29, 1.82) is 0 Å². The van der Waals surface area contributed by atoms with Crippen molar-refractivity contribution in [3.05, 3.63) is 29.8 Å². The summed E-state index contributed by atoms with van der Waals surface area (Å²) in [6, 6.07) is 7.25. The molecule has 0 unspecified atom stereocenters. The van der Waals surface area contributed by atoms with Crippen molar-refractivity contribution in [3.63, 3.8) is 0 Å². The standard InChI is InChI=1S/C14H17NO3/c1-2-18-11-14(17)15-13-8-5-7-12(10-13)6-3-4-9-16/h5,7-8,10,16H,2,4,9,11H2,1H3,(H,15,17). The van der Waals surface area contributed by atoms with Gasteiger partial charge in [0.15, 0.2) is 0 Å². The van der Waals surface area contributed by atoms with Gasteiger partial charge in [0.25, 0.3) is 0 Å². The number of hydrogen-bond donors (Lipinski definition) is 2. The number of ether oxygens (including phenoxy) is 1. The van der Waals surface area contributed by atoms with Gasteiger partial charge in [-0.1, -0.05) is 17.9 Å². The van der Waals surface area contributed by atoms with E-state index >= 15 is 0 Å². The van der Waals surface area contributed by atoms with E-state index in [9.17, 15) is 4.79 Å². The zero-order valence-corrected chi connectivity index (χ0v) is 10.4. The van der Waals surface area contributed by atoms with E-state index in [2.05, 4.69) is 17.2 Å². The van der Waals surface area contributed by atoms with Gasteiger partial charge in [0.05, 0.1) is 6.61 Å². The second-order valence-electron chi connectivity index (χ2n) is 3.54. The molecule has 0 aliphatic rings. The summed E-state index contributed by atoms with van der Waals surface area (Å²) in [6.45, 7) is 2.46. The lowest BCUT2D eigenvalue weighted by atomic mass is 10.2. The number of rotatable bonds is 5. The molecule has 1 amide bonds. The molecule has 18 heavy (non-hydrogen) atoms. The molecule has 0 fully saturated rings. The molecule has 4 nitrogen and oxygen atoms in total. The molecular weight excluding hydrogens is 230 g/mol. The molecule has 0 atom stereocenters. The van der Waals surface area contributed by atoms with Gasteiger partial charge in [-0.3, -0.25) is 4.79 Å². The highest BCUT2D eigenvalue weighted by molar-refractivity contribution is 5.91. The van der Waals surface area contributed by atoms with Gasteiger partial charge < -0.3 is 15.2 Å². The fraction of sp³-hybridized carbons (Fsp3) is 0.357. The van der Waals surface area contributed by atoms with Crippen LogP contribution in [0.25, 0.3) is 0 Å². The minimum Gasteiger partial charge on any atom is -0.395 e. The SMILES string of the molecule is CCOCC(=O)Nc1cccc(C#CCCO)c1. The molecule has 4 heteroatoms. The largest absolute Gasteiger partial charge is 0.395 e. The topological polar surface area (TPSA) is 58.6 Å². The van der Waals surface area contributed by atoms with E-state index in [1.54, 1.807) is 12.1 Å². The van der Waals surface area contributed by atoms with Crippen LogP contribution in [0.1, 0.15) is 18.9 Å². The summed E-state index contributed by atoms with van der Waals surface area (Å²) in [7, 11) is 0. The molecule has 0 spiro atoms. The Kier molecular flexibility index (Phi) is 6.55. The second kappa shape index (κ2) is 8.29. The highest BCUT2D eigenvalue weighted by Crippen LogP contribution is 2.09. The fourth-order valence-corrected chi connectivity index (χ4v) is 1.29. The van der Waals surface area contributed by atoms with Gasteiger partial charge in [0.2, 0.25) is 5.91 Å². The van der Waals surface area contributed by atoms with Crippen molar-refractivity contribution in [3.8, 4) is 11.8 Å². The van der Waals surface area contributed by atoms with Crippen LogP contribution in [0.3, 0.4) is 0 Å². The van der Waals surface area contributed by atoms with Crippen LogP contribution in [0.2, 0.25) is 0 Å². The monoisotopic (exact) mass is 247 g/mol. The summed E-state index contributed by atoms with van der Waals surface area (Å²) in [5.74, 6) is 5.56. The van der Waals surface area contributed by atoms with Crippen molar-refractivity contribution in [2.24, 2.45) is 0 Å². The van der Waals surface area contributed by atoms with Crippen LogP contribution < -0.4 is 5.32 Å². The van der Waals surface area contributed by atoms with Crippen LogP contribution in [-0.2, 0) is 9.53 Å². The first-order chi connectivity index (χ1) is 8.76. The van der Waals surface area contributed by atoms with Crippen LogP contribution >= 0.6 is 0 Å². The minimum atomic E-state index is -0.183. The predicted octanol–water partition coefficient (Wildman–Crippen LogP) is 1.40. The molecule has 1 rings (SSSR count). The number of amides is 1. The first kappa shape index (κ1) is 14.2. The Morgan fingerprint density at radius 1 is 1.50 bits per heavy atom. The zero-order valence-electron chi connectivity index (χ0n) is 10.4. The molecule has 0 aromatic heterocycles. The van der Waals surface area contributed by atoms with Gasteiger partial charge in [0.1, 0.15) is 6.61 Å². The van der Waals surface area contributed by atoms with E-state index in [0.29, 0.717) is 18.7 Å². The fourth-order valence-electron chi connectivity index (χ4n) is 1.29. The van der Waals surface area contributed by atoms with E-state index in [-0.39, 0.29) is 19.1 Å². The molecule has 0 heterocycles. The molecule has 96 valence electrons. The molecule has 0 saturated heterocycles. The third-order valence-corrected chi connectivity index (χ3v) is 2.05. The highest BCUT2D eigenvalue weighted by Gasteiger charge is 2.01. The van der Waals surface area contributed by atoms with Gasteiger partial charge >= 0.3 is 0 Å². The number of nitrogens with one attached hydrogen (secondary N) is 1. The normalized spacial score (nSPS) is 9.44. The van der Waals surface area contributed by atoms with Crippen molar-refractivity contribution >= 4 is 11.6 Å². The molecular formula is C14H17NO3. The minimum absolute atomic E-state index is 0.0525. The van der Waals surface area contributed by atoms with Gasteiger partial charge in [-0.2, -0.15) is 0 Å². The Hall–Kier alpha value is -1.83. The van der Waals surface area contributed by atoms with Crippen molar-refractivity contribution in [2.45, 2.75) is 13.3 Å². The van der Waals surface area contributed by atoms with Gasteiger partial charge in [-0.15, -0.1) is 0 Å². The second-order valence-corrected chi connectivity index (χ2v) is 3.54. The highest BCUT2D eigenvalue weighted by atomic mass is 16.5. The van der Waals surface area contributed by atoms with Crippen molar-refractivity contribution in [1.82, 2.24) is 0 Å². The van der Waals surface area contributed by atoms with E-state index in [1.165, 1.54) is 0 Å². The summed E-state index contributed by atoms with van der Waals surface area (Å²) >= 11 is 0. The summed E-state index contributed by atoms with van der Waals surface area (Å²) in [5.41, 5.74) is 1.49. The molecule has 0 bridgehead atoms. The van der Waals surface area contributed by atoms with Gasteiger partial charge in [-0.25, -0.2) is 0 Å². The summed E-state index contributed by atoms with van der Waals surface area (Å²) in [4.78, 5) is 11.4. The first-order valence-corrected chi connectivity index (χ1v) is 5.83. The number of anilines is 1. The van der Waals surface area contributed by atoms with Crippen LogP contribution in [0, 0.1) is 11.8 Å². The third-order valence-electron chi connectivity index (χ3n) is 2.05. The van der Waals surface area contributed by atoms with Crippen LogP contribution in [0.15, 0.2) is 24.3 Å². The number of carbonyl (C=O) groups excluding carboxylic acids is 1. The van der Waals surface area contributed by atoms with E-state index in [0.717, 1.165) is 5.56 Å². The Labute approximate surface area is 107 Å². The van der Waals surface area contributed by atoms with Gasteiger partial charge in [0, 0.05) is 24.3 Å². The summed E-state index contributed by atoms with van der Waals surface area (Å²) in [5, 5.41) is 11.4. The first-order valence-electron chi connectivity index (χ1n) is 5.83. The number of aliphatic hydroxyl groups is 1. The Morgan fingerprint density at radius 2 is 2.33 bits per heavy atom. The lowest BCUT2D eigenvalue weighted by molar-refractivity contribution is -0.120. The third kappa shape index (κ3) is 5.48. The average Bonchev–Trinajstić information content (AvgIpc) is 2.37. The Balaban J connectivity index is 2.60. The van der Waals surface area contributed by atoms with Crippen molar-refractivity contribution in [2.75, 3.05) is 25.1 Å². The van der Waals surface area contributed by atoms with Crippen LogP contribution in [0.5, 0.6) is 0 Å². The van der Waals surface area contributed by atoms with E-state index in [1.807, 2.05) is 19.1 Å². The number of aliphatic hydroxyl groups excluding tert-OH is 1. The number of carbonyl (C=O) groups is 1. The molecule has 1 aromatic carbocycles. The predicted molar refractivity (Wildman–Crippen MR) is 70.1 cm³/mol. The molecule has 0 aliphatic heterocycles. The molecule has 2 N–H and O–H groups in total. The zero-order chi connectivity index (χ0) is 13.2. The van der Waals surface area contributed by atoms with E-state index in [4.69, 9.17) is 9.84 Å². The molecule has 0 aliphatic carbocycles. The summed E-state index contributed by atoms with van der Waals surface area (Å²) < 4.78 is 5.01. The molecule has 0 radical (unpaired) electrons. The maximum atomic E-state index is 11.4. The number of hydrogen-bond acceptors (Lipinski definition) is 3. The lowest BCUT2D eigenvalue weighted by Gasteiger charge is -2.05. The Bertz CT molecular complexity index is 446. The quantitative estimate of drug-likeness (QED) is 0.773. The van der Waals surface area contributed by atoms with Crippen LogP contribution in [-0.4, -0.2) is 30.8 Å². The average molecular weight is 247 g/mol. The number of benzene rings is 1.